The molecule has 2 aromatic rings. The van der Waals surface area contributed by atoms with E-state index in [-0.39, 0.29) is 11.9 Å². The first-order valence-electron chi connectivity index (χ1n) is 6.66. The average molecular weight is 300 g/mol. The van der Waals surface area contributed by atoms with E-state index in [1.165, 1.54) is 0 Å². The number of benzene rings is 2. The smallest absolute Gasteiger partial charge is 0.251 e. The highest BCUT2D eigenvalue weighted by molar-refractivity contribution is 6.30. The summed E-state index contributed by atoms with van der Waals surface area (Å²) >= 11 is 5.84. The molecule has 0 spiro atoms. The number of nitrogens with one attached hydrogen (secondary N) is 2. The number of amides is 1. The molecule has 0 bridgehead atoms. The van der Waals surface area contributed by atoms with Crippen molar-refractivity contribution in [2.45, 2.75) is 12.5 Å². The highest BCUT2D eigenvalue weighted by Gasteiger charge is 2.26. The maximum Gasteiger partial charge on any atom is 0.251 e. The maximum absolute atomic E-state index is 11.9. The van der Waals surface area contributed by atoms with Crippen LogP contribution >= 0.6 is 11.6 Å². The molecular weight excluding hydrogens is 286 g/mol. The van der Waals surface area contributed by atoms with Gasteiger partial charge in [-0.15, -0.1) is 0 Å². The summed E-state index contributed by atoms with van der Waals surface area (Å²) < 4.78 is 0. The SMILES string of the molecule is O=C1NC(Nc2ccc(Cl)cc2)=N[C@H]1Cc1ccccc1. The summed E-state index contributed by atoms with van der Waals surface area (Å²) in [6, 6.07) is 16.7. The second kappa shape index (κ2) is 5.97. The number of hydrogen-bond donors (Lipinski definition) is 2. The Labute approximate surface area is 127 Å². The Morgan fingerprint density at radius 2 is 1.81 bits per heavy atom. The standard InChI is InChI=1S/C16H14ClN3O/c17-12-6-8-13(9-7-12)18-16-19-14(15(21)20-16)10-11-4-2-1-3-5-11/h1-9,14H,10H2,(H2,18,19,20,21)/t14-/m0/s1. The normalized spacial score (nSPS) is 17.3. The lowest BCUT2D eigenvalue weighted by molar-refractivity contribution is -0.120. The summed E-state index contributed by atoms with van der Waals surface area (Å²) in [5, 5.41) is 6.49. The van der Waals surface area contributed by atoms with Crippen LogP contribution in [0.5, 0.6) is 0 Å². The Balaban J connectivity index is 1.69. The van der Waals surface area contributed by atoms with E-state index >= 15 is 0 Å². The molecule has 1 heterocycles. The summed E-state index contributed by atoms with van der Waals surface area (Å²) in [6.07, 6.45) is 0.596. The van der Waals surface area contributed by atoms with Crippen molar-refractivity contribution in [1.82, 2.24) is 5.32 Å². The minimum absolute atomic E-state index is 0.0877. The Morgan fingerprint density at radius 3 is 2.52 bits per heavy atom. The first kappa shape index (κ1) is 13.6. The summed E-state index contributed by atoms with van der Waals surface area (Å²) in [7, 11) is 0. The third-order valence-corrected chi connectivity index (χ3v) is 3.46. The molecule has 0 saturated heterocycles. The molecule has 0 aliphatic carbocycles. The van der Waals surface area contributed by atoms with Crippen molar-refractivity contribution < 1.29 is 4.79 Å². The summed E-state index contributed by atoms with van der Waals surface area (Å²) in [4.78, 5) is 16.3. The maximum atomic E-state index is 11.9. The summed E-state index contributed by atoms with van der Waals surface area (Å²) in [5.74, 6) is 0.388. The van der Waals surface area contributed by atoms with Crippen LogP contribution in [0.1, 0.15) is 5.56 Å². The molecule has 0 unspecified atom stereocenters. The molecule has 1 amide bonds. The van der Waals surface area contributed by atoms with E-state index in [2.05, 4.69) is 15.6 Å². The molecule has 2 N–H and O–H groups in total. The Kier molecular flexibility index (Phi) is 3.88. The van der Waals surface area contributed by atoms with Gasteiger partial charge in [-0.05, 0) is 29.8 Å². The third-order valence-electron chi connectivity index (χ3n) is 3.21. The first-order chi connectivity index (χ1) is 10.2. The molecule has 0 saturated carbocycles. The molecule has 3 rings (SSSR count). The first-order valence-corrected chi connectivity index (χ1v) is 7.04. The van der Waals surface area contributed by atoms with Crippen molar-refractivity contribution in [2.75, 3.05) is 5.32 Å². The predicted molar refractivity (Wildman–Crippen MR) is 84.6 cm³/mol. The highest BCUT2D eigenvalue weighted by atomic mass is 35.5. The second-order valence-electron chi connectivity index (χ2n) is 4.80. The molecule has 0 aromatic heterocycles. The van der Waals surface area contributed by atoms with Gasteiger partial charge in [0.2, 0.25) is 5.96 Å². The van der Waals surface area contributed by atoms with Crippen molar-refractivity contribution in [3.8, 4) is 0 Å². The van der Waals surface area contributed by atoms with E-state index in [0.717, 1.165) is 11.3 Å². The number of aliphatic imine (C=N–C) groups is 1. The largest absolute Gasteiger partial charge is 0.326 e. The van der Waals surface area contributed by atoms with E-state index in [0.29, 0.717) is 17.4 Å². The van der Waals surface area contributed by atoms with E-state index in [1.54, 1.807) is 12.1 Å². The van der Waals surface area contributed by atoms with Gasteiger partial charge in [0.15, 0.2) is 0 Å². The number of rotatable bonds is 3. The van der Waals surface area contributed by atoms with Crippen molar-refractivity contribution in [3.05, 3.63) is 65.2 Å². The van der Waals surface area contributed by atoms with E-state index < -0.39 is 0 Å². The van der Waals surface area contributed by atoms with Crippen molar-refractivity contribution >= 4 is 29.2 Å². The third kappa shape index (κ3) is 3.41. The van der Waals surface area contributed by atoms with Gasteiger partial charge < -0.3 is 5.32 Å². The lowest BCUT2D eigenvalue weighted by atomic mass is 10.1. The fraction of sp³-hybridized carbons (Fsp3) is 0.125. The van der Waals surface area contributed by atoms with Gasteiger partial charge in [0.25, 0.3) is 5.91 Å². The number of halogens is 1. The van der Waals surface area contributed by atoms with E-state index in [1.807, 2.05) is 42.5 Å². The second-order valence-corrected chi connectivity index (χ2v) is 5.24. The topological polar surface area (TPSA) is 53.5 Å². The van der Waals surface area contributed by atoms with Crippen LogP contribution in [-0.2, 0) is 11.2 Å². The number of hydrogen-bond acceptors (Lipinski definition) is 3. The summed E-state index contributed by atoms with van der Waals surface area (Å²) in [5.41, 5.74) is 1.92. The lowest BCUT2D eigenvalue weighted by Crippen LogP contribution is -2.33. The number of guanidine groups is 1. The Bertz CT molecular complexity index is 668. The minimum atomic E-state index is -0.387. The van der Waals surface area contributed by atoms with Crippen molar-refractivity contribution in [3.63, 3.8) is 0 Å². The zero-order chi connectivity index (χ0) is 14.7. The molecule has 106 valence electrons. The number of nitrogens with zero attached hydrogens (tertiary/aromatic N) is 1. The van der Waals surface area contributed by atoms with Gasteiger partial charge in [0, 0.05) is 17.1 Å². The zero-order valence-corrected chi connectivity index (χ0v) is 12.0. The molecule has 1 aliphatic heterocycles. The molecule has 1 aliphatic rings. The molecule has 4 nitrogen and oxygen atoms in total. The van der Waals surface area contributed by atoms with Gasteiger partial charge >= 0.3 is 0 Å². The van der Waals surface area contributed by atoms with Crippen LogP contribution in [0, 0.1) is 0 Å². The van der Waals surface area contributed by atoms with Crippen molar-refractivity contribution in [1.29, 1.82) is 0 Å². The molecule has 0 fully saturated rings. The molecule has 0 radical (unpaired) electrons. The fourth-order valence-electron chi connectivity index (χ4n) is 2.16. The van der Waals surface area contributed by atoms with Gasteiger partial charge in [0.1, 0.15) is 6.04 Å². The lowest BCUT2D eigenvalue weighted by Gasteiger charge is -2.04. The van der Waals surface area contributed by atoms with Gasteiger partial charge in [-0.2, -0.15) is 0 Å². The van der Waals surface area contributed by atoms with E-state index in [9.17, 15) is 4.79 Å². The van der Waals surface area contributed by atoms with Crippen LogP contribution in [0.2, 0.25) is 5.02 Å². The van der Waals surface area contributed by atoms with Gasteiger partial charge in [0.05, 0.1) is 0 Å². The van der Waals surface area contributed by atoms with Crippen LogP contribution in [0.3, 0.4) is 0 Å². The number of carbonyl (C=O) groups is 1. The summed E-state index contributed by atoms with van der Waals surface area (Å²) in [6.45, 7) is 0. The molecule has 5 heteroatoms. The molecule has 1 atom stereocenters. The molecule has 21 heavy (non-hydrogen) atoms. The van der Waals surface area contributed by atoms with E-state index in [4.69, 9.17) is 11.6 Å². The minimum Gasteiger partial charge on any atom is -0.326 e. The molecular formula is C16H14ClN3O. The van der Waals surface area contributed by atoms with Gasteiger partial charge in [-0.1, -0.05) is 41.9 Å². The Hall–Kier alpha value is -2.33. The van der Waals surface area contributed by atoms with Crippen LogP contribution in [0.25, 0.3) is 0 Å². The predicted octanol–water partition coefficient (Wildman–Crippen LogP) is 2.85. The monoisotopic (exact) mass is 299 g/mol. The number of carbonyl (C=O) groups excluding carboxylic acids is 1. The average Bonchev–Trinajstić information content (AvgIpc) is 2.82. The number of anilines is 1. The zero-order valence-electron chi connectivity index (χ0n) is 11.2. The van der Waals surface area contributed by atoms with Crippen LogP contribution < -0.4 is 10.6 Å². The van der Waals surface area contributed by atoms with Gasteiger partial charge in [-0.25, -0.2) is 4.99 Å². The van der Waals surface area contributed by atoms with Crippen LogP contribution in [0.4, 0.5) is 5.69 Å². The van der Waals surface area contributed by atoms with Crippen LogP contribution in [0.15, 0.2) is 59.6 Å². The van der Waals surface area contributed by atoms with Crippen molar-refractivity contribution in [2.24, 2.45) is 4.99 Å². The van der Waals surface area contributed by atoms with Gasteiger partial charge in [-0.3, -0.25) is 10.1 Å². The quantitative estimate of drug-likeness (QED) is 0.915. The Morgan fingerprint density at radius 1 is 1.10 bits per heavy atom. The molecule has 2 aromatic carbocycles. The van der Waals surface area contributed by atoms with Crippen LogP contribution in [-0.4, -0.2) is 17.9 Å². The fourth-order valence-corrected chi connectivity index (χ4v) is 2.28. The highest BCUT2D eigenvalue weighted by Crippen LogP contribution is 2.15.